The third-order valence-electron chi connectivity index (χ3n) is 5.60. The van der Waals surface area contributed by atoms with E-state index >= 15 is 0 Å². The second-order valence-electron chi connectivity index (χ2n) is 7.76. The van der Waals surface area contributed by atoms with Crippen LogP contribution in [0.5, 0.6) is 0 Å². The van der Waals surface area contributed by atoms with Crippen molar-refractivity contribution >= 4 is 58.8 Å². The zero-order chi connectivity index (χ0) is 24.5. The molecular formula is C20H24N4O6S4. The van der Waals surface area contributed by atoms with Gasteiger partial charge in [-0.05, 0) is 42.5 Å². The first-order valence-electron chi connectivity index (χ1n) is 10.4. The summed E-state index contributed by atoms with van der Waals surface area (Å²) >= 11 is 2.37. The van der Waals surface area contributed by atoms with Crippen molar-refractivity contribution < 1.29 is 26.4 Å². The van der Waals surface area contributed by atoms with Gasteiger partial charge in [-0.1, -0.05) is 17.4 Å². The number of nitrogens with two attached hydrogens (primary N) is 1. The van der Waals surface area contributed by atoms with Gasteiger partial charge < -0.3 is 9.30 Å². The molecule has 1 fully saturated rings. The molecule has 1 aliphatic heterocycles. The second kappa shape index (κ2) is 9.97. The molecule has 1 saturated heterocycles. The minimum absolute atomic E-state index is 0.0164. The highest BCUT2D eigenvalue weighted by molar-refractivity contribution is 7.91. The third kappa shape index (κ3) is 5.17. The Morgan fingerprint density at radius 3 is 2.56 bits per heavy atom. The molecule has 2 N–H and O–H groups in total. The van der Waals surface area contributed by atoms with E-state index in [0.29, 0.717) is 39.7 Å². The highest BCUT2D eigenvalue weighted by Crippen LogP contribution is 2.27. The first-order valence-corrected chi connectivity index (χ1v) is 15.1. The Hall–Kier alpha value is -1.94. The highest BCUT2D eigenvalue weighted by Gasteiger charge is 2.32. The number of piperidine rings is 1. The molecule has 1 aromatic carbocycles. The number of nitrogens with zero attached hydrogens (tertiary/aromatic N) is 3. The van der Waals surface area contributed by atoms with Crippen molar-refractivity contribution in [1.82, 2.24) is 8.87 Å². The maximum absolute atomic E-state index is 13.0. The molecule has 4 rings (SSSR count). The SMILES string of the molecule is COCCn1c(=NC(=O)C2CCN(S(=O)(=O)c3cccs3)CC2)sc2cc(S(N)(=O)=O)ccc21. The molecule has 0 radical (unpaired) electrons. The van der Waals surface area contributed by atoms with Crippen LogP contribution >= 0.6 is 22.7 Å². The van der Waals surface area contributed by atoms with Gasteiger partial charge in [0.05, 0.1) is 21.7 Å². The molecule has 3 aromatic rings. The number of amides is 1. The van der Waals surface area contributed by atoms with Crippen LogP contribution in [0.25, 0.3) is 10.2 Å². The summed E-state index contributed by atoms with van der Waals surface area (Å²) in [7, 11) is -5.85. The number of primary sulfonamides is 1. The van der Waals surface area contributed by atoms with Crippen molar-refractivity contribution in [1.29, 1.82) is 0 Å². The number of hydrogen-bond acceptors (Lipinski definition) is 8. The van der Waals surface area contributed by atoms with Crippen LogP contribution in [-0.2, 0) is 36.1 Å². The van der Waals surface area contributed by atoms with E-state index in [4.69, 9.17) is 9.88 Å². The van der Waals surface area contributed by atoms with E-state index < -0.39 is 26.0 Å². The molecule has 0 saturated carbocycles. The number of methoxy groups -OCH3 is 1. The van der Waals surface area contributed by atoms with Crippen molar-refractivity contribution in [3.63, 3.8) is 0 Å². The van der Waals surface area contributed by atoms with Gasteiger partial charge in [-0.2, -0.15) is 9.30 Å². The lowest BCUT2D eigenvalue weighted by Crippen LogP contribution is -2.40. The number of thiazole rings is 1. The molecule has 2 aromatic heterocycles. The molecule has 1 amide bonds. The number of aromatic nitrogens is 1. The van der Waals surface area contributed by atoms with Gasteiger partial charge in [-0.3, -0.25) is 4.79 Å². The smallest absolute Gasteiger partial charge is 0.252 e. The van der Waals surface area contributed by atoms with Gasteiger partial charge in [0.2, 0.25) is 10.0 Å². The summed E-state index contributed by atoms with van der Waals surface area (Å²) in [5, 5.41) is 6.97. The molecule has 14 heteroatoms. The lowest BCUT2D eigenvalue weighted by molar-refractivity contribution is -0.122. The summed E-state index contributed by atoms with van der Waals surface area (Å²) < 4.78 is 58.2. The minimum atomic E-state index is -3.87. The Labute approximate surface area is 205 Å². The first kappa shape index (κ1) is 25.2. The third-order valence-corrected chi connectivity index (χ3v) is 10.8. The van der Waals surface area contributed by atoms with Crippen LogP contribution in [0.15, 0.2) is 49.8 Å². The number of carbonyl (C=O) groups excluding carboxylic acids is 1. The van der Waals surface area contributed by atoms with Crippen LogP contribution in [0.1, 0.15) is 12.8 Å². The highest BCUT2D eigenvalue weighted by atomic mass is 32.2. The molecule has 0 unspecified atom stereocenters. The maximum atomic E-state index is 13.0. The van der Waals surface area contributed by atoms with Crippen molar-refractivity contribution in [2.24, 2.45) is 16.0 Å². The van der Waals surface area contributed by atoms with Crippen LogP contribution in [0.3, 0.4) is 0 Å². The van der Waals surface area contributed by atoms with Gasteiger partial charge in [0.1, 0.15) is 4.21 Å². The van der Waals surface area contributed by atoms with Crippen molar-refractivity contribution in [3.05, 3.63) is 40.5 Å². The number of thiophene rings is 1. The summed E-state index contributed by atoms with van der Waals surface area (Å²) in [6.45, 7) is 1.30. The van der Waals surface area contributed by atoms with E-state index in [-0.39, 0.29) is 23.9 Å². The van der Waals surface area contributed by atoms with E-state index in [1.807, 2.05) is 4.57 Å². The number of sulfonamides is 2. The van der Waals surface area contributed by atoms with Gasteiger partial charge in [0, 0.05) is 32.7 Å². The number of benzene rings is 1. The minimum Gasteiger partial charge on any atom is -0.383 e. The van der Waals surface area contributed by atoms with Gasteiger partial charge in [0.25, 0.3) is 15.9 Å². The average Bonchev–Trinajstić information content (AvgIpc) is 3.45. The van der Waals surface area contributed by atoms with Gasteiger partial charge in [-0.25, -0.2) is 22.0 Å². The summed E-state index contributed by atoms with van der Waals surface area (Å²) in [6.07, 6.45) is 0.761. The van der Waals surface area contributed by atoms with Gasteiger partial charge >= 0.3 is 0 Å². The summed E-state index contributed by atoms with van der Waals surface area (Å²) in [5.41, 5.74) is 0.720. The largest absolute Gasteiger partial charge is 0.383 e. The Bertz CT molecular complexity index is 1460. The molecule has 0 bridgehead atoms. The Kier molecular flexibility index (Phi) is 7.38. The van der Waals surface area contributed by atoms with Crippen LogP contribution < -0.4 is 9.94 Å². The fraction of sp³-hybridized carbons (Fsp3) is 0.400. The lowest BCUT2D eigenvalue weighted by atomic mass is 9.98. The quantitative estimate of drug-likeness (QED) is 0.479. The van der Waals surface area contributed by atoms with Crippen LogP contribution in [0.4, 0.5) is 0 Å². The molecule has 10 nitrogen and oxygen atoms in total. The monoisotopic (exact) mass is 544 g/mol. The molecule has 184 valence electrons. The summed E-state index contributed by atoms with van der Waals surface area (Å²) in [4.78, 5) is 17.7. The number of rotatable bonds is 7. The van der Waals surface area contributed by atoms with Crippen molar-refractivity contribution in [2.45, 2.75) is 28.5 Å². The topological polar surface area (TPSA) is 141 Å². The van der Waals surface area contributed by atoms with Crippen LogP contribution in [0.2, 0.25) is 0 Å². The maximum Gasteiger partial charge on any atom is 0.252 e. The van der Waals surface area contributed by atoms with E-state index in [1.54, 1.807) is 30.7 Å². The molecule has 0 aliphatic carbocycles. The molecule has 1 aliphatic rings. The molecule has 0 atom stereocenters. The average molecular weight is 545 g/mol. The summed E-state index contributed by atoms with van der Waals surface area (Å²) in [6, 6.07) is 7.80. The first-order chi connectivity index (χ1) is 16.1. The Morgan fingerprint density at radius 1 is 1.21 bits per heavy atom. The number of ether oxygens (including phenoxy) is 1. The van der Waals surface area contributed by atoms with Gasteiger partial charge in [-0.15, -0.1) is 11.3 Å². The normalized spacial score (nSPS) is 16.9. The molecule has 3 heterocycles. The standard InChI is InChI=1S/C20H24N4O6S4/c1-30-11-10-24-16-5-4-15(33(21,26)27)13-17(16)32-20(24)22-19(25)14-6-8-23(9-7-14)34(28,29)18-3-2-12-31-18/h2-5,12-14H,6-11H2,1H3,(H2,21,26,27). The predicted octanol–water partition coefficient (Wildman–Crippen LogP) is 1.59. The van der Waals surface area contributed by atoms with E-state index in [2.05, 4.69) is 4.99 Å². The van der Waals surface area contributed by atoms with E-state index in [1.165, 1.54) is 39.1 Å². The van der Waals surface area contributed by atoms with Crippen molar-refractivity contribution in [2.75, 3.05) is 26.8 Å². The van der Waals surface area contributed by atoms with Crippen molar-refractivity contribution in [3.8, 4) is 0 Å². The lowest BCUT2D eigenvalue weighted by Gasteiger charge is -2.29. The van der Waals surface area contributed by atoms with Gasteiger partial charge in [0.15, 0.2) is 4.80 Å². The fourth-order valence-corrected chi connectivity index (χ4v) is 8.11. The van der Waals surface area contributed by atoms with Crippen LogP contribution in [0, 0.1) is 5.92 Å². The zero-order valence-electron chi connectivity index (χ0n) is 18.3. The number of carbonyl (C=O) groups is 1. The van der Waals surface area contributed by atoms with Crippen LogP contribution in [-0.4, -0.2) is 58.4 Å². The number of fused-ring (bicyclic) bond motifs is 1. The fourth-order valence-electron chi connectivity index (χ4n) is 3.78. The predicted molar refractivity (Wildman–Crippen MR) is 129 cm³/mol. The summed E-state index contributed by atoms with van der Waals surface area (Å²) in [5.74, 6) is -0.714. The Balaban J connectivity index is 1.59. The van der Waals surface area contributed by atoms with E-state index in [9.17, 15) is 21.6 Å². The molecular weight excluding hydrogens is 521 g/mol. The second-order valence-corrected chi connectivity index (χ2v) is 13.4. The molecule has 34 heavy (non-hydrogen) atoms. The molecule has 0 spiro atoms. The zero-order valence-corrected chi connectivity index (χ0v) is 21.6. The Morgan fingerprint density at radius 2 is 1.94 bits per heavy atom. The number of hydrogen-bond donors (Lipinski definition) is 1. The van der Waals surface area contributed by atoms with E-state index in [0.717, 1.165) is 5.52 Å².